The van der Waals surface area contributed by atoms with Crippen molar-refractivity contribution in [1.29, 1.82) is 0 Å². The maximum atomic E-state index is 13.2. The van der Waals surface area contributed by atoms with Crippen LogP contribution >= 0.6 is 0 Å². The van der Waals surface area contributed by atoms with Crippen molar-refractivity contribution in [3.05, 3.63) is 45.3 Å². The Labute approximate surface area is 91.0 Å². The van der Waals surface area contributed by atoms with Crippen LogP contribution in [-0.4, -0.2) is 18.0 Å². The largest absolute Gasteiger partial charge is 0.465 e. The van der Waals surface area contributed by atoms with E-state index in [0.29, 0.717) is 0 Å². The summed E-state index contributed by atoms with van der Waals surface area (Å²) in [7, 11) is 1.12. The predicted octanol–water partition coefficient (Wildman–Crippen LogP) is 1.95. The monoisotopic (exact) mass is 227 g/mol. The highest BCUT2D eigenvalue weighted by atomic mass is 19.1. The molecule has 0 aliphatic rings. The lowest BCUT2D eigenvalue weighted by molar-refractivity contribution is -0.524. The van der Waals surface area contributed by atoms with Gasteiger partial charge in [0.2, 0.25) is 6.04 Å². The Hall–Kier alpha value is -1.98. The highest BCUT2D eigenvalue weighted by Crippen LogP contribution is 2.19. The topological polar surface area (TPSA) is 69.4 Å². The van der Waals surface area contributed by atoms with E-state index in [9.17, 15) is 19.3 Å². The highest BCUT2D eigenvalue weighted by molar-refractivity contribution is 5.89. The van der Waals surface area contributed by atoms with E-state index >= 15 is 0 Å². The minimum atomic E-state index is -0.996. The van der Waals surface area contributed by atoms with Crippen molar-refractivity contribution in [3.63, 3.8) is 0 Å². The van der Waals surface area contributed by atoms with Crippen molar-refractivity contribution < 1.29 is 18.8 Å². The van der Waals surface area contributed by atoms with Gasteiger partial charge >= 0.3 is 5.97 Å². The molecule has 1 aromatic rings. The molecule has 0 unspecified atom stereocenters. The normalized spacial score (nSPS) is 11.9. The number of methoxy groups -OCH3 is 1. The van der Waals surface area contributed by atoms with Crippen LogP contribution in [0.5, 0.6) is 0 Å². The second-order valence-corrected chi connectivity index (χ2v) is 3.19. The molecular formula is C10H10FNO4. The van der Waals surface area contributed by atoms with Crippen molar-refractivity contribution in [1.82, 2.24) is 0 Å². The summed E-state index contributed by atoms with van der Waals surface area (Å²) >= 11 is 0. The molecule has 0 aliphatic carbocycles. The molecule has 0 aliphatic heterocycles. The molecule has 0 radical (unpaired) electrons. The van der Waals surface area contributed by atoms with Gasteiger partial charge < -0.3 is 4.74 Å². The smallest absolute Gasteiger partial charge is 0.340 e. The van der Waals surface area contributed by atoms with Crippen molar-refractivity contribution in [2.45, 2.75) is 13.0 Å². The Kier molecular flexibility index (Phi) is 3.55. The quantitative estimate of drug-likeness (QED) is 0.449. The van der Waals surface area contributed by atoms with Gasteiger partial charge in [0.05, 0.1) is 12.7 Å². The second kappa shape index (κ2) is 4.69. The van der Waals surface area contributed by atoms with Crippen LogP contribution in [0.25, 0.3) is 0 Å². The zero-order valence-corrected chi connectivity index (χ0v) is 8.77. The summed E-state index contributed by atoms with van der Waals surface area (Å²) in [5, 5.41) is 10.5. The van der Waals surface area contributed by atoms with Gasteiger partial charge in [0.1, 0.15) is 5.82 Å². The van der Waals surface area contributed by atoms with E-state index in [1.165, 1.54) is 13.0 Å². The first-order valence-electron chi connectivity index (χ1n) is 4.48. The average molecular weight is 227 g/mol. The third-order valence-corrected chi connectivity index (χ3v) is 2.19. The molecule has 0 bridgehead atoms. The molecule has 0 amide bonds. The Morgan fingerprint density at radius 2 is 2.19 bits per heavy atom. The van der Waals surface area contributed by atoms with Gasteiger partial charge in [-0.25, -0.2) is 9.18 Å². The van der Waals surface area contributed by atoms with Crippen molar-refractivity contribution in [2.75, 3.05) is 7.11 Å². The maximum absolute atomic E-state index is 13.2. The third-order valence-electron chi connectivity index (χ3n) is 2.19. The average Bonchev–Trinajstić information content (AvgIpc) is 2.27. The van der Waals surface area contributed by atoms with Gasteiger partial charge in [-0.2, -0.15) is 0 Å². The maximum Gasteiger partial charge on any atom is 0.340 e. The molecule has 86 valence electrons. The molecule has 0 heterocycles. The van der Waals surface area contributed by atoms with Crippen LogP contribution in [0.15, 0.2) is 18.2 Å². The van der Waals surface area contributed by atoms with Gasteiger partial charge in [-0.15, -0.1) is 0 Å². The Balaban J connectivity index is 3.17. The van der Waals surface area contributed by atoms with Crippen molar-refractivity contribution >= 4 is 5.97 Å². The molecule has 0 N–H and O–H groups in total. The molecule has 0 fully saturated rings. The van der Waals surface area contributed by atoms with Crippen LogP contribution in [0.1, 0.15) is 28.9 Å². The second-order valence-electron chi connectivity index (χ2n) is 3.19. The number of halogens is 1. The lowest BCUT2D eigenvalue weighted by atomic mass is 10.1. The van der Waals surface area contributed by atoms with Crippen LogP contribution in [0, 0.1) is 15.9 Å². The molecule has 0 saturated carbocycles. The first kappa shape index (κ1) is 12.1. The molecule has 1 rings (SSSR count). The van der Waals surface area contributed by atoms with Gasteiger partial charge in [0.25, 0.3) is 0 Å². The lowest BCUT2D eigenvalue weighted by Crippen LogP contribution is -2.10. The zero-order chi connectivity index (χ0) is 12.3. The van der Waals surface area contributed by atoms with Crippen LogP contribution in [0.2, 0.25) is 0 Å². The van der Waals surface area contributed by atoms with Gasteiger partial charge in [0.15, 0.2) is 0 Å². The van der Waals surface area contributed by atoms with E-state index in [4.69, 9.17) is 0 Å². The molecule has 16 heavy (non-hydrogen) atoms. The van der Waals surface area contributed by atoms with Crippen molar-refractivity contribution in [3.8, 4) is 0 Å². The lowest BCUT2D eigenvalue weighted by Gasteiger charge is -2.06. The highest BCUT2D eigenvalue weighted by Gasteiger charge is 2.20. The molecule has 5 nitrogen and oxygen atoms in total. The number of carbonyl (C=O) groups is 1. The van der Waals surface area contributed by atoms with E-state index in [1.807, 2.05) is 0 Å². The standard InChI is InChI=1S/C10H10FNO4/c1-6(12(14)15)7-3-4-9(11)8(5-7)10(13)16-2/h3-6H,1-2H3/t6-/m1/s1. The SMILES string of the molecule is COC(=O)c1cc([C@@H](C)[N+](=O)[O-])ccc1F. The molecule has 0 saturated heterocycles. The zero-order valence-electron chi connectivity index (χ0n) is 8.77. The van der Waals surface area contributed by atoms with Crippen LogP contribution < -0.4 is 0 Å². The Bertz CT molecular complexity index is 433. The van der Waals surface area contributed by atoms with Crippen LogP contribution in [0.4, 0.5) is 4.39 Å². The first-order valence-corrected chi connectivity index (χ1v) is 4.48. The minimum absolute atomic E-state index is 0.256. The van der Waals surface area contributed by atoms with E-state index in [0.717, 1.165) is 19.2 Å². The van der Waals surface area contributed by atoms with E-state index < -0.39 is 22.8 Å². The summed E-state index contributed by atoms with van der Waals surface area (Å²) in [5.74, 6) is -1.61. The Morgan fingerprint density at radius 1 is 1.56 bits per heavy atom. The number of benzene rings is 1. The van der Waals surface area contributed by atoms with Gasteiger partial charge in [-0.3, -0.25) is 10.1 Å². The summed E-state index contributed by atoms with van der Waals surface area (Å²) < 4.78 is 17.6. The summed E-state index contributed by atoms with van der Waals surface area (Å²) in [4.78, 5) is 21.2. The van der Waals surface area contributed by atoms with Crippen LogP contribution in [0.3, 0.4) is 0 Å². The minimum Gasteiger partial charge on any atom is -0.465 e. The van der Waals surface area contributed by atoms with Crippen LogP contribution in [-0.2, 0) is 4.74 Å². The molecule has 1 aromatic carbocycles. The van der Waals surface area contributed by atoms with E-state index in [1.54, 1.807) is 0 Å². The molecule has 6 heteroatoms. The summed E-state index contributed by atoms with van der Waals surface area (Å²) in [6.45, 7) is 1.36. The number of ether oxygens (including phenoxy) is 1. The fourth-order valence-corrected chi connectivity index (χ4v) is 1.19. The Morgan fingerprint density at radius 3 is 2.69 bits per heavy atom. The van der Waals surface area contributed by atoms with Gasteiger partial charge in [-0.1, -0.05) is 0 Å². The number of hydrogen-bond donors (Lipinski definition) is 0. The summed E-state index contributed by atoms with van der Waals surface area (Å²) in [5.41, 5.74) is -0.0412. The molecule has 0 aromatic heterocycles. The fourth-order valence-electron chi connectivity index (χ4n) is 1.19. The number of esters is 1. The number of hydrogen-bond acceptors (Lipinski definition) is 4. The third kappa shape index (κ3) is 2.33. The first-order chi connectivity index (χ1) is 7.47. The fraction of sp³-hybridized carbons (Fsp3) is 0.300. The number of nitro groups is 1. The van der Waals surface area contributed by atoms with E-state index in [-0.39, 0.29) is 11.1 Å². The summed E-state index contributed by atoms with van der Waals surface area (Å²) in [6, 6.07) is 2.43. The number of carbonyl (C=O) groups excluding carboxylic acids is 1. The van der Waals surface area contributed by atoms with E-state index in [2.05, 4.69) is 4.74 Å². The van der Waals surface area contributed by atoms with Crippen molar-refractivity contribution in [2.24, 2.45) is 0 Å². The van der Waals surface area contributed by atoms with Gasteiger partial charge in [0, 0.05) is 17.4 Å². The van der Waals surface area contributed by atoms with Gasteiger partial charge in [-0.05, 0) is 18.2 Å². The molecular weight excluding hydrogens is 217 g/mol. The number of nitrogens with zero attached hydrogens (tertiary/aromatic N) is 1. The molecule has 0 spiro atoms. The predicted molar refractivity (Wildman–Crippen MR) is 53.1 cm³/mol. The molecule has 1 atom stereocenters. The summed E-state index contributed by atoms with van der Waals surface area (Å²) in [6.07, 6.45) is 0. The number of rotatable bonds is 3.